The molecule has 0 rings (SSSR count). The van der Waals surface area contributed by atoms with E-state index >= 15 is 0 Å². The van der Waals surface area contributed by atoms with Gasteiger partial charge in [0.05, 0.1) is 26.4 Å². The fourth-order valence-corrected chi connectivity index (χ4v) is 12.6. The van der Waals surface area contributed by atoms with Crippen LogP contribution in [-0.2, 0) is 65.4 Å². The molecule has 0 aromatic carbocycles. The Hall–Kier alpha value is -1.94. The Morgan fingerprint density at radius 2 is 0.554 bits per heavy atom. The van der Waals surface area contributed by atoms with Gasteiger partial charge >= 0.3 is 39.5 Å². The molecule has 0 aliphatic heterocycles. The maximum Gasteiger partial charge on any atom is 0.472 e. The molecular formula is C73H142O17P2. The van der Waals surface area contributed by atoms with Gasteiger partial charge in [0.1, 0.15) is 19.3 Å². The van der Waals surface area contributed by atoms with Crippen molar-refractivity contribution in [2.75, 3.05) is 39.6 Å². The minimum absolute atomic E-state index is 0.106. The van der Waals surface area contributed by atoms with E-state index in [9.17, 15) is 43.2 Å². The van der Waals surface area contributed by atoms with E-state index < -0.39 is 97.5 Å². The molecule has 0 heterocycles. The Morgan fingerprint density at radius 1 is 0.315 bits per heavy atom. The van der Waals surface area contributed by atoms with Crippen LogP contribution >= 0.6 is 15.6 Å². The molecule has 7 atom stereocenters. The quantitative estimate of drug-likeness (QED) is 0.0222. The highest BCUT2D eigenvalue weighted by molar-refractivity contribution is 7.47. The summed E-state index contributed by atoms with van der Waals surface area (Å²) >= 11 is 0. The highest BCUT2D eigenvalue weighted by atomic mass is 31.2. The van der Waals surface area contributed by atoms with Crippen molar-refractivity contribution in [2.45, 2.75) is 388 Å². The van der Waals surface area contributed by atoms with Crippen molar-refractivity contribution in [3.63, 3.8) is 0 Å². The lowest BCUT2D eigenvalue weighted by Gasteiger charge is -2.21. The highest BCUT2D eigenvalue weighted by Gasteiger charge is 2.30. The van der Waals surface area contributed by atoms with Crippen LogP contribution < -0.4 is 0 Å². The molecule has 0 radical (unpaired) electrons. The largest absolute Gasteiger partial charge is 0.472 e. The van der Waals surface area contributed by atoms with E-state index in [1.807, 2.05) is 0 Å². The normalized spacial score (nSPS) is 14.7. The summed E-state index contributed by atoms with van der Waals surface area (Å²) in [6.07, 6.45) is 48.5. The molecule has 0 spiro atoms. The van der Waals surface area contributed by atoms with Gasteiger partial charge in [-0.2, -0.15) is 0 Å². The zero-order valence-corrected chi connectivity index (χ0v) is 61.8. The van der Waals surface area contributed by atoms with Crippen molar-refractivity contribution in [1.29, 1.82) is 0 Å². The summed E-state index contributed by atoms with van der Waals surface area (Å²) in [5, 5.41) is 10.6. The lowest BCUT2D eigenvalue weighted by molar-refractivity contribution is -0.161. The second-order valence-corrected chi connectivity index (χ2v) is 30.2. The third-order valence-corrected chi connectivity index (χ3v) is 19.5. The summed E-state index contributed by atoms with van der Waals surface area (Å²) < 4.78 is 68.4. The van der Waals surface area contributed by atoms with Gasteiger partial charge < -0.3 is 33.8 Å². The van der Waals surface area contributed by atoms with Gasteiger partial charge in [-0.25, -0.2) is 9.13 Å². The van der Waals surface area contributed by atoms with Crippen LogP contribution in [0.15, 0.2) is 0 Å². The van der Waals surface area contributed by atoms with Crippen molar-refractivity contribution in [1.82, 2.24) is 0 Å². The first kappa shape index (κ1) is 90.1. The predicted octanol–water partition coefficient (Wildman–Crippen LogP) is 21.0. The minimum atomic E-state index is -4.96. The number of carbonyl (C=O) groups excluding carboxylic acids is 4. The van der Waals surface area contributed by atoms with Crippen LogP contribution in [0.25, 0.3) is 0 Å². The average molecular weight is 1350 g/mol. The molecule has 546 valence electrons. The maximum atomic E-state index is 13.1. The summed E-state index contributed by atoms with van der Waals surface area (Å²) in [6.45, 7) is 11.9. The Labute approximate surface area is 562 Å². The number of hydrogen-bond donors (Lipinski definition) is 3. The Kier molecular flexibility index (Phi) is 62.4. The molecule has 92 heavy (non-hydrogen) atoms. The molecule has 0 aliphatic carbocycles. The summed E-state index contributed by atoms with van der Waals surface area (Å²) in [5.74, 6) is 0.213. The number of rotatable bonds is 71. The number of esters is 4. The maximum absolute atomic E-state index is 13.1. The Balaban J connectivity index is 5.24. The number of unbranched alkanes of at least 4 members (excludes halogenated alkanes) is 37. The van der Waals surface area contributed by atoms with Gasteiger partial charge in [0.15, 0.2) is 12.2 Å². The molecule has 0 saturated carbocycles. The number of phosphoric ester groups is 2. The van der Waals surface area contributed by atoms with Gasteiger partial charge in [-0.15, -0.1) is 0 Å². The van der Waals surface area contributed by atoms with Crippen LogP contribution in [-0.4, -0.2) is 96.7 Å². The first-order valence-corrected chi connectivity index (χ1v) is 40.9. The standard InChI is InChI=1S/C73H142O17P2/c1-8-11-12-13-14-15-20-28-33-42-49-56-72(77)90-69(61-84-71(76)55-48-41-36-35-39-46-53-66(7)10-3)63-88-92(81,82)86-59-67(74)58-85-91(79,80)87-62-68(60-83-70(75)54-47-40-32-27-24-23-25-30-37-44-51-64(4)5)89-73(78)57-50-43-34-29-22-19-17-16-18-21-26-31-38-45-52-65(6)9-2/h64-69,74H,8-63H2,1-7H3,(H,79,80)(H,81,82)/t65?,66?,67-,68-,69-/m1/s1. The number of carbonyl (C=O) groups is 4. The summed E-state index contributed by atoms with van der Waals surface area (Å²) in [5.41, 5.74) is 0. The molecular weight excluding hydrogens is 1210 g/mol. The molecule has 0 saturated heterocycles. The first-order valence-electron chi connectivity index (χ1n) is 37.9. The first-order chi connectivity index (χ1) is 44.3. The highest BCUT2D eigenvalue weighted by Crippen LogP contribution is 2.45. The van der Waals surface area contributed by atoms with E-state index in [0.29, 0.717) is 25.7 Å². The summed E-state index contributed by atoms with van der Waals surface area (Å²) in [6, 6.07) is 0. The van der Waals surface area contributed by atoms with Crippen LogP contribution in [0.5, 0.6) is 0 Å². The van der Waals surface area contributed by atoms with E-state index in [1.165, 1.54) is 173 Å². The third-order valence-electron chi connectivity index (χ3n) is 17.6. The van der Waals surface area contributed by atoms with Crippen LogP contribution in [0, 0.1) is 17.8 Å². The molecule has 3 N–H and O–H groups in total. The molecule has 0 aliphatic rings. The van der Waals surface area contributed by atoms with E-state index in [2.05, 4.69) is 48.5 Å². The fraction of sp³-hybridized carbons (Fsp3) is 0.945. The lowest BCUT2D eigenvalue weighted by atomic mass is 9.99. The average Bonchev–Trinajstić information content (AvgIpc) is 2.60. The third kappa shape index (κ3) is 64.1. The van der Waals surface area contributed by atoms with Crippen molar-refractivity contribution in [3.05, 3.63) is 0 Å². The van der Waals surface area contributed by atoms with Gasteiger partial charge in [-0.3, -0.25) is 37.3 Å². The zero-order chi connectivity index (χ0) is 68.0. The number of phosphoric acid groups is 2. The molecule has 0 aromatic rings. The molecule has 19 heteroatoms. The fourth-order valence-electron chi connectivity index (χ4n) is 11.0. The monoisotopic (exact) mass is 1350 g/mol. The zero-order valence-electron chi connectivity index (χ0n) is 60.0. The number of ether oxygens (including phenoxy) is 4. The SMILES string of the molecule is CCCCCCCCCCCCCC(=O)O[C@H](COC(=O)CCCCCCCCC(C)CC)COP(=O)(O)OC[C@H](O)COP(=O)(O)OC[C@@H](COC(=O)CCCCCCCCCCCCC(C)C)OC(=O)CCCCCCCCCCCCCCCCC(C)CC. The van der Waals surface area contributed by atoms with Crippen molar-refractivity contribution >= 4 is 39.5 Å². The minimum Gasteiger partial charge on any atom is -0.462 e. The van der Waals surface area contributed by atoms with Crippen LogP contribution in [0.4, 0.5) is 0 Å². The summed E-state index contributed by atoms with van der Waals surface area (Å²) in [4.78, 5) is 72.6. The summed E-state index contributed by atoms with van der Waals surface area (Å²) in [7, 11) is -9.91. The number of hydrogen-bond acceptors (Lipinski definition) is 15. The van der Waals surface area contributed by atoms with Gasteiger partial charge in [-0.1, -0.05) is 318 Å². The van der Waals surface area contributed by atoms with Gasteiger partial charge in [-0.05, 0) is 43.4 Å². The van der Waals surface area contributed by atoms with Gasteiger partial charge in [0.2, 0.25) is 0 Å². The molecule has 17 nitrogen and oxygen atoms in total. The van der Waals surface area contributed by atoms with Crippen molar-refractivity contribution in [3.8, 4) is 0 Å². The lowest BCUT2D eigenvalue weighted by Crippen LogP contribution is -2.30. The second-order valence-electron chi connectivity index (χ2n) is 27.3. The van der Waals surface area contributed by atoms with Crippen molar-refractivity contribution < 1.29 is 80.2 Å². The van der Waals surface area contributed by atoms with E-state index in [-0.39, 0.29) is 25.7 Å². The van der Waals surface area contributed by atoms with Crippen molar-refractivity contribution in [2.24, 2.45) is 17.8 Å². The van der Waals surface area contributed by atoms with Gasteiger partial charge in [0.25, 0.3) is 0 Å². The Bertz CT molecular complexity index is 1810. The molecule has 0 fully saturated rings. The van der Waals surface area contributed by atoms with E-state index in [0.717, 1.165) is 114 Å². The number of aliphatic hydroxyl groups is 1. The smallest absolute Gasteiger partial charge is 0.462 e. The van der Waals surface area contributed by atoms with Crippen LogP contribution in [0.3, 0.4) is 0 Å². The topological polar surface area (TPSA) is 237 Å². The van der Waals surface area contributed by atoms with E-state index in [4.69, 9.17) is 37.0 Å². The van der Waals surface area contributed by atoms with E-state index in [1.54, 1.807) is 0 Å². The van der Waals surface area contributed by atoms with Gasteiger partial charge in [0, 0.05) is 25.7 Å². The van der Waals surface area contributed by atoms with Crippen LogP contribution in [0.2, 0.25) is 0 Å². The molecule has 4 unspecified atom stereocenters. The Morgan fingerprint density at radius 3 is 0.826 bits per heavy atom. The predicted molar refractivity (Wildman–Crippen MR) is 372 cm³/mol. The number of aliphatic hydroxyl groups excluding tert-OH is 1. The van der Waals surface area contributed by atoms with Crippen LogP contribution in [0.1, 0.15) is 370 Å². The molecule has 0 amide bonds. The second kappa shape index (κ2) is 63.8. The molecule has 0 bridgehead atoms. The molecule has 0 aromatic heterocycles.